The van der Waals surface area contributed by atoms with Gasteiger partial charge in [-0.3, -0.25) is 38.8 Å². The zero-order valence-corrected chi connectivity index (χ0v) is 45.6. The third-order valence-corrected chi connectivity index (χ3v) is 14.5. The van der Waals surface area contributed by atoms with Crippen molar-refractivity contribution in [2.45, 2.75) is 96.1 Å². The average Bonchev–Trinajstić information content (AvgIpc) is 4.15. The number of nitrogens with zero attached hydrogens (tertiary/aromatic N) is 5. The number of carbonyl (C=O) groups is 6. The van der Waals surface area contributed by atoms with Crippen molar-refractivity contribution in [1.29, 1.82) is 0 Å². The number of methoxy groups -OCH3 is 3. The Bertz CT molecular complexity index is 3190. The number of anilines is 1. The number of aliphatic hydroxyl groups excluding tert-OH is 1. The van der Waals surface area contributed by atoms with Crippen LogP contribution >= 0.6 is 0 Å². The highest BCUT2D eigenvalue weighted by atomic mass is 16.5. The molecule has 80 heavy (non-hydrogen) atoms. The Balaban J connectivity index is 0.739. The number of ether oxygens (including phenoxy) is 5. The van der Waals surface area contributed by atoms with E-state index in [1.54, 1.807) is 72.7 Å². The van der Waals surface area contributed by atoms with Crippen molar-refractivity contribution in [3.05, 3.63) is 120 Å². The molecule has 0 bridgehead atoms. The van der Waals surface area contributed by atoms with Gasteiger partial charge in [0.2, 0.25) is 23.6 Å². The molecule has 5 heterocycles. The molecule has 418 valence electrons. The van der Waals surface area contributed by atoms with Crippen LogP contribution < -0.4 is 39.6 Å². The number of nitrogens with one attached hydrogen (secondary N) is 3. The molecule has 0 aliphatic carbocycles. The number of carbonyl (C=O) groups excluding carboxylic acids is 6. The molecule has 0 saturated heterocycles. The molecule has 1 unspecified atom stereocenters. The van der Waals surface area contributed by atoms with Gasteiger partial charge in [-0.15, -0.1) is 0 Å². The molecule has 20 nitrogen and oxygen atoms in total. The number of hydrogen-bond donors (Lipinski definition) is 4. The summed E-state index contributed by atoms with van der Waals surface area (Å²) in [6.07, 6.45) is 12.7. The van der Waals surface area contributed by atoms with Crippen molar-refractivity contribution in [2.24, 2.45) is 15.9 Å². The Kier molecular flexibility index (Phi) is 17.4. The maximum atomic E-state index is 14.1. The van der Waals surface area contributed by atoms with Crippen LogP contribution in [0.3, 0.4) is 0 Å². The molecule has 4 aromatic rings. The van der Waals surface area contributed by atoms with Gasteiger partial charge in [-0.1, -0.05) is 44.5 Å². The van der Waals surface area contributed by atoms with Crippen molar-refractivity contribution in [3.8, 4) is 28.7 Å². The molecule has 9 rings (SSSR count). The van der Waals surface area contributed by atoms with E-state index in [9.17, 15) is 33.9 Å². The molecule has 4 aromatic carbocycles. The number of aliphatic hydroxyl groups is 1. The van der Waals surface area contributed by atoms with E-state index >= 15 is 0 Å². The zero-order chi connectivity index (χ0) is 56.6. The van der Waals surface area contributed by atoms with Gasteiger partial charge >= 0.3 is 0 Å². The predicted octanol–water partition coefficient (Wildman–Crippen LogP) is 7.36. The number of rotatable bonds is 23. The summed E-state index contributed by atoms with van der Waals surface area (Å²) < 4.78 is 29.0. The fourth-order valence-electron chi connectivity index (χ4n) is 10.0. The largest absolute Gasteiger partial charge is 0.497 e. The van der Waals surface area contributed by atoms with Gasteiger partial charge in [0.05, 0.1) is 69.1 Å². The Labute approximate surface area is 464 Å². The van der Waals surface area contributed by atoms with Gasteiger partial charge in [-0.25, -0.2) is 0 Å². The van der Waals surface area contributed by atoms with Crippen molar-refractivity contribution >= 4 is 76.1 Å². The molecular formula is C60H66N8O12. The molecule has 0 aromatic heterocycles. The molecule has 6 amide bonds. The van der Waals surface area contributed by atoms with Crippen LogP contribution in [0.4, 0.5) is 17.1 Å². The van der Waals surface area contributed by atoms with Gasteiger partial charge in [0.15, 0.2) is 23.0 Å². The SMILES string of the molecule is COc1ccc(C2=CN3C(=O)c4cc(OC)c(OCCCOc5cc6c(cc5OC)C(=O)N5C=C(c7ccc(NC(=O)[C@H](C)NC(=O)[C@@H](NC(=O)CCCCCN8C(=O)C=CC8O)C(C)C)cc7)C[C@H]5C=N6)cc4N=C[C@@H]3C2)cc1. The van der Waals surface area contributed by atoms with Crippen LogP contribution in [0.2, 0.25) is 0 Å². The van der Waals surface area contributed by atoms with Crippen LogP contribution in [-0.4, -0.2) is 139 Å². The summed E-state index contributed by atoms with van der Waals surface area (Å²) in [4.78, 5) is 93.3. The lowest BCUT2D eigenvalue weighted by Gasteiger charge is -2.24. The van der Waals surface area contributed by atoms with Crippen LogP contribution in [0.5, 0.6) is 28.7 Å². The van der Waals surface area contributed by atoms with Crippen molar-refractivity contribution in [3.63, 3.8) is 0 Å². The second kappa shape index (κ2) is 24.9. The predicted molar refractivity (Wildman–Crippen MR) is 301 cm³/mol. The van der Waals surface area contributed by atoms with Gasteiger partial charge in [-0.05, 0) is 90.4 Å². The average molecular weight is 1090 g/mol. The third-order valence-electron chi connectivity index (χ3n) is 14.5. The van der Waals surface area contributed by atoms with Crippen LogP contribution in [0, 0.1) is 5.92 Å². The summed E-state index contributed by atoms with van der Waals surface area (Å²) >= 11 is 0. The number of amides is 6. The highest BCUT2D eigenvalue weighted by Crippen LogP contribution is 2.42. The topological polar surface area (TPSA) is 239 Å². The van der Waals surface area contributed by atoms with Gasteiger partial charge in [0.25, 0.3) is 11.8 Å². The van der Waals surface area contributed by atoms with E-state index in [2.05, 4.69) is 16.0 Å². The second-order valence-corrected chi connectivity index (χ2v) is 20.4. The number of benzene rings is 4. The Morgan fingerprint density at radius 2 is 1.21 bits per heavy atom. The summed E-state index contributed by atoms with van der Waals surface area (Å²) in [7, 11) is 4.65. The normalized spacial score (nSPS) is 18.5. The summed E-state index contributed by atoms with van der Waals surface area (Å²) in [5, 5.41) is 18.2. The minimum absolute atomic E-state index is 0.184. The Morgan fingerprint density at radius 3 is 1.71 bits per heavy atom. The second-order valence-electron chi connectivity index (χ2n) is 20.4. The zero-order valence-electron chi connectivity index (χ0n) is 45.6. The standard InChI is InChI=1S/C60H66N8O12/c1-35(2)56(65-53(69)11-8-7-9-22-66-54(70)20-21-55(66)71)58(73)63-36(3)57(72)64-41-16-12-37(13-17-41)39-25-42-31-61-47-29-51(49(77-5)27-45(47)59(74)67(42)33-39)79-23-10-24-80-52-30-48-46(28-50(52)78-6)60(75)68-34-40(26-43(68)32-62-48)38-14-18-44(76-4)19-15-38/h12-21,27-36,42-43,54,56,70H,7-11,22-26H2,1-6H3,(H,63,73)(H,64,72)(H,65,69)/t36-,42-,43-,54?,56-/m0/s1. The van der Waals surface area contributed by atoms with E-state index in [4.69, 9.17) is 33.7 Å². The molecule has 5 atom stereocenters. The van der Waals surface area contributed by atoms with Crippen molar-refractivity contribution in [1.82, 2.24) is 25.3 Å². The lowest BCUT2D eigenvalue weighted by molar-refractivity contribution is -0.132. The molecule has 0 radical (unpaired) electrons. The van der Waals surface area contributed by atoms with E-state index in [0.29, 0.717) is 96.3 Å². The molecule has 0 fully saturated rings. The molecule has 5 aliphatic rings. The van der Waals surface area contributed by atoms with Gasteiger partial charge in [-0.2, -0.15) is 0 Å². The number of hydrogen-bond acceptors (Lipinski definition) is 14. The van der Waals surface area contributed by atoms with Crippen molar-refractivity contribution < 1.29 is 57.6 Å². The maximum Gasteiger partial charge on any atom is 0.260 e. The van der Waals surface area contributed by atoms with Gasteiger partial charge in [0, 0.05) is 81.0 Å². The first-order valence-corrected chi connectivity index (χ1v) is 26.8. The molecule has 4 N–H and O–H groups in total. The number of fused-ring (bicyclic) bond motifs is 4. The molecule has 0 saturated carbocycles. The van der Waals surface area contributed by atoms with E-state index in [1.165, 1.54) is 31.3 Å². The lowest BCUT2D eigenvalue weighted by atomic mass is 10.0. The fraction of sp³-hybridized carbons (Fsp3) is 0.367. The highest BCUT2D eigenvalue weighted by molar-refractivity contribution is 6.07. The maximum absolute atomic E-state index is 14.1. The first-order valence-electron chi connectivity index (χ1n) is 26.8. The molecule has 5 aliphatic heterocycles. The van der Waals surface area contributed by atoms with E-state index in [1.807, 2.05) is 62.6 Å². The Hall–Kier alpha value is -8.78. The Morgan fingerprint density at radius 1 is 0.662 bits per heavy atom. The first kappa shape index (κ1) is 56.0. The minimum atomic E-state index is -0.919. The number of aliphatic imine (C=N–C) groups is 2. The summed E-state index contributed by atoms with van der Waals surface area (Å²) in [6.45, 7) is 6.06. The summed E-state index contributed by atoms with van der Waals surface area (Å²) in [5.74, 6) is 0.220. The van der Waals surface area contributed by atoms with Gasteiger partial charge in [0.1, 0.15) is 24.1 Å². The van der Waals surface area contributed by atoms with Crippen LogP contribution in [-0.2, 0) is 19.2 Å². The third kappa shape index (κ3) is 12.5. The number of unbranched alkanes of at least 4 members (excludes halogenated alkanes) is 2. The van der Waals surface area contributed by atoms with Crippen LogP contribution in [0.1, 0.15) is 97.6 Å². The van der Waals surface area contributed by atoms with Crippen LogP contribution in [0.15, 0.2) is 107 Å². The van der Waals surface area contributed by atoms with E-state index in [0.717, 1.165) is 28.0 Å². The lowest BCUT2D eigenvalue weighted by Crippen LogP contribution is -2.53. The molecule has 0 spiro atoms. The smallest absolute Gasteiger partial charge is 0.260 e. The van der Waals surface area contributed by atoms with Gasteiger partial charge < -0.3 is 59.4 Å². The monoisotopic (exact) mass is 1090 g/mol. The molecule has 20 heteroatoms. The summed E-state index contributed by atoms with van der Waals surface area (Å²) in [5.41, 5.74) is 5.96. The van der Waals surface area contributed by atoms with E-state index in [-0.39, 0.29) is 61.3 Å². The first-order chi connectivity index (χ1) is 38.6. The quantitative estimate of drug-likeness (QED) is 0.0533. The van der Waals surface area contributed by atoms with Crippen LogP contribution in [0.25, 0.3) is 11.1 Å². The summed E-state index contributed by atoms with van der Waals surface area (Å²) in [6, 6.07) is 19.3. The van der Waals surface area contributed by atoms with E-state index < -0.39 is 30.1 Å². The highest BCUT2D eigenvalue weighted by Gasteiger charge is 2.36. The molecular weight excluding hydrogens is 1020 g/mol. The minimum Gasteiger partial charge on any atom is -0.497 e. The fourth-order valence-corrected chi connectivity index (χ4v) is 10.0. The van der Waals surface area contributed by atoms with Crippen molar-refractivity contribution in [2.75, 3.05) is 46.4 Å².